The summed E-state index contributed by atoms with van der Waals surface area (Å²) in [5.74, 6) is -2.55. The molecule has 0 radical (unpaired) electrons. The molecule has 0 bridgehead atoms. The van der Waals surface area contributed by atoms with Gasteiger partial charge in [-0.2, -0.15) is 4.39 Å². The summed E-state index contributed by atoms with van der Waals surface area (Å²) in [7, 11) is -4.37. The van der Waals surface area contributed by atoms with Gasteiger partial charge in [-0.1, -0.05) is 6.42 Å². The number of anilines is 1. The number of hydrogen-bond donors (Lipinski definition) is 3. The minimum absolute atomic E-state index is 0.0473. The van der Waals surface area contributed by atoms with Gasteiger partial charge in [0.15, 0.2) is 11.6 Å². The Morgan fingerprint density at radius 3 is 2.57 bits per heavy atom. The van der Waals surface area contributed by atoms with Gasteiger partial charge >= 0.3 is 0 Å². The fourth-order valence-corrected chi connectivity index (χ4v) is 5.19. The third-order valence-corrected chi connectivity index (χ3v) is 6.99. The van der Waals surface area contributed by atoms with Gasteiger partial charge in [0.1, 0.15) is 23.1 Å². The summed E-state index contributed by atoms with van der Waals surface area (Å²) >= 11 is 0. The summed E-state index contributed by atoms with van der Waals surface area (Å²) in [6.45, 7) is 1.60. The Labute approximate surface area is 173 Å². The van der Waals surface area contributed by atoms with Crippen LogP contribution in [0.5, 0.6) is 5.75 Å². The fourth-order valence-electron chi connectivity index (χ4n) is 4.11. The van der Waals surface area contributed by atoms with Crippen LogP contribution >= 0.6 is 0 Å². The largest absolute Gasteiger partial charge is 0.487 e. The molecule has 2 aromatic rings. The molecule has 2 aliphatic rings. The number of hydrogen-bond acceptors (Lipinski definition) is 7. The third-order valence-electron chi connectivity index (χ3n) is 5.61. The van der Waals surface area contributed by atoms with Crippen LogP contribution in [0.1, 0.15) is 25.7 Å². The average molecular weight is 439 g/mol. The number of ether oxygens (including phenoxy) is 1. The first-order valence-corrected chi connectivity index (χ1v) is 11.3. The molecule has 8 nitrogen and oxygen atoms in total. The van der Waals surface area contributed by atoms with E-state index in [4.69, 9.17) is 4.74 Å². The Balaban J connectivity index is 1.55. The van der Waals surface area contributed by atoms with Crippen molar-refractivity contribution in [3.63, 3.8) is 0 Å². The van der Waals surface area contributed by atoms with Gasteiger partial charge in [0, 0.05) is 25.2 Å². The van der Waals surface area contributed by atoms with Crippen LogP contribution in [0.2, 0.25) is 0 Å². The summed E-state index contributed by atoms with van der Waals surface area (Å²) in [5.41, 5.74) is 6.19. The zero-order valence-corrected chi connectivity index (χ0v) is 17.0. The Bertz CT molecular complexity index is 987. The molecule has 3 N–H and O–H groups in total. The molecule has 2 atom stereocenters. The highest BCUT2D eigenvalue weighted by molar-refractivity contribution is 7.92. The van der Waals surface area contributed by atoms with Crippen LogP contribution in [0.3, 0.4) is 0 Å². The van der Waals surface area contributed by atoms with Crippen molar-refractivity contribution in [3.05, 3.63) is 42.4 Å². The second kappa shape index (κ2) is 8.78. The topological polar surface area (TPSA) is 105 Å². The van der Waals surface area contributed by atoms with Crippen LogP contribution < -0.4 is 20.3 Å². The van der Waals surface area contributed by atoms with Gasteiger partial charge < -0.3 is 4.74 Å². The molecule has 1 aliphatic heterocycles. The molecule has 1 aliphatic carbocycles. The highest BCUT2D eigenvalue weighted by Gasteiger charge is 2.36. The Kier molecular flexibility index (Phi) is 6.11. The zero-order valence-electron chi connectivity index (χ0n) is 16.1. The van der Waals surface area contributed by atoms with E-state index >= 15 is 0 Å². The van der Waals surface area contributed by atoms with Gasteiger partial charge in [-0.15, -0.1) is 0 Å². The van der Waals surface area contributed by atoms with Gasteiger partial charge in [-0.05, 0) is 43.4 Å². The van der Waals surface area contributed by atoms with Crippen molar-refractivity contribution in [3.8, 4) is 5.75 Å². The van der Waals surface area contributed by atoms with E-state index in [1.807, 2.05) is 0 Å². The van der Waals surface area contributed by atoms with Crippen LogP contribution in [-0.2, 0) is 10.0 Å². The summed E-state index contributed by atoms with van der Waals surface area (Å²) in [4.78, 5) is 6.60. The maximum absolute atomic E-state index is 14.7. The molecule has 2 fully saturated rings. The van der Waals surface area contributed by atoms with Crippen molar-refractivity contribution < 1.29 is 21.9 Å². The molecule has 30 heavy (non-hydrogen) atoms. The predicted octanol–water partition coefficient (Wildman–Crippen LogP) is 2.22. The summed E-state index contributed by atoms with van der Waals surface area (Å²) in [5, 5.41) is 0. The predicted molar refractivity (Wildman–Crippen MR) is 105 cm³/mol. The summed E-state index contributed by atoms with van der Waals surface area (Å²) in [6.07, 6.45) is 5.95. The molecular weight excluding hydrogens is 416 g/mol. The van der Waals surface area contributed by atoms with Gasteiger partial charge in [-0.25, -0.2) is 22.8 Å². The van der Waals surface area contributed by atoms with E-state index in [1.54, 1.807) is 0 Å². The lowest BCUT2D eigenvalue weighted by Gasteiger charge is -2.35. The average Bonchev–Trinajstić information content (AvgIpc) is 3.27. The molecule has 4 rings (SSSR count). The minimum Gasteiger partial charge on any atom is -0.487 e. The standard InChI is InChI=1S/C19H23F2N5O3S/c20-18-15(29-14-4-2-1-3-13(14)12-9-24-25-10-12)5-6-16(19(18)21)30(27,28)26-17-7-8-22-11-23-17/h5-8,11-14,24-25H,1-4,9-10H2,(H,22,23,26)/t13-,14+/m1/s1. The molecule has 1 aromatic heterocycles. The number of sulfonamides is 1. The summed E-state index contributed by atoms with van der Waals surface area (Å²) < 4.78 is 62.4. The number of rotatable bonds is 6. The van der Waals surface area contributed by atoms with Gasteiger partial charge in [0.2, 0.25) is 5.82 Å². The molecule has 1 saturated heterocycles. The lowest BCUT2D eigenvalue weighted by atomic mass is 9.78. The number of benzene rings is 1. The van der Waals surface area contributed by atoms with Crippen molar-refractivity contribution in [2.24, 2.45) is 11.8 Å². The number of halogens is 2. The monoisotopic (exact) mass is 439 g/mol. The first-order valence-electron chi connectivity index (χ1n) is 9.85. The van der Waals surface area contributed by atoms with Crippen LogP contribution in [0.25, 0.3) is 0 Å². The number of hydrazine groups is 1. The SMILES string of the molecule is O=S(=O)(Nc1ccncn1)c1ccc(O[C@H]2CCCC[C@@H]2C2CNNC2)c(F)c1F. The van der Waals surface area contributed by atoms with Gasteiger partial charge in [0.25, 0.3) is 10.0 Å². The Morgan fingerprint density at radius 2 is 1.83 bits per heavy atom. The number of nitrogens with zero attached hydrogens (tertiary/aromatic N) is 2. The van der Waals surface area contributed by atoms with E-state index in [2.05, 4.69) is 25.5 Å². The van der Waals surface area contributed by atoms with Crippen molar-refractivity contribution >= 4 is 15.8 Å². The van der Waals surface area contributed by atoms with Crippen LogP contribution in [-0.4, -0.2) is 37.6 Å². The normalized spacial score (nSPS) is 22.7. The van der Waals surface area contributed by atoms with Gasteiger partial charge in [-0.3, -0.25) is 15.6 Å². The van der Waals surface area contributed by atoms with Crippen LogP contribution in [0.4, 0.5) is 14.6 Å². The second-order valence-electron chi connectivity index (χ2n) is 7.52. The van der Waals surface area contributed by atoms with Gasteiger partial charge in [0.05, 0.1) is 0 Å². The zero-order chi connectivity index (χ0) is 21.1. The first kappa shape index (κ1) is 20.9. The maximum Gasteiger partial charge on any atom is 0.266 e. The molecule has 11 heteroatoms. The molecule has 1 aromatic carbocycles. The van der Waals surface area contributed by atoms with Crippen molar-refractivity contribution in [1.82, 2.24) is 20.8 Å². The summed E-state index contributed by atoms with van der Waals surface area (Å²) in [6, 6.07) is 3.48. The van der Waals surface area contributed by atoms with E-state index in [1.165, 1.54) is 18.3 Å². The lowest BCUT2D eigenvalue weighted by Crippen LogP contribution is -2.37. The molecular formula is C19H23F2N5O3S. The van der Waals surface area contributed by atoms with E-state index < -0.39 is 26.6 Å². The van der Waals surface area contributed by atoms with Crippen molar-refractivity contribution in [2.45, 2.75) is 36.7 Å². The van der Waals surface area contributed by atoms with Crippen molar-refractivity contribution in [2.75, 3.05) is 17.8 Å². The Hall–Kier alpha value is -2.37. The van der Waals surface area contributed by atoms with E-state index in [0.717, 1.165) is 51.2 Å². The fraction of sp³-hybridized carbons (Fsp3) is 0.474. The highest BCUT2D eigenvalue weighted by Crippen LogP contribution is 2.35. The molecule has 0 unspecified atom stereocenters. The van der Waals surface area contributed by atoms with Crippen molar-refractivity contribution in [1.29, 1.82) is 0 Å². The highest BCUT2D eigenvalue weighted by atomic mass is 32.2. The van der Waals surface area contributed by atoms with E-state index in [0.29, 0.717) is 5.92 Å². The van der Waals surface area contributed by atoms with E-state index in [9.17, 15) is 17.2 Å². The molecule has 0 amide bonds. The third kappa shape index (κ3) is 4.37. The molecule has 2 heterocycles. The van der Waals surface area contributed by atoms with Crippen LogP contribution in [0, 0.1) is 23.5 Å². The number of nitrogens with one attached hydrogen (secondary N) is 3. The lowest BCUT2D eigenvalue weighted by molar-refractivity contribution is 0.0605. The molecule has 162 valence electrons. The quantitative estimate of drug-likeness (QED) is 0.634. The Morgan fingerprint density at radius 1 is 1.07 bits per heavy atom. The second-order valence-corrected chi connectivity index (χ2v) is 9.17. The molecule has 0 spiro atoms. The van der Waals surface area contributed by atoms with E-state index in [-0.39, 0.29) is 23.6 Å². The molecule has 1 saturated carbocycles. The smallest absolute Gasteiger partial charge is 0.266 e. The number of aromatic nitrogens is 2. The maximum atomic E-state index is 14.7. The van der Waals surface area contributed by atoms with Crippen LogP contribution in [0.15, 0.2) is 35.6 Å². The first-order chi connectivity index (χ1) is 14.5. The minimum atomic E-state index is -4.37.